The average Bonchev–Trinajstić information content (AvgIpc) is 2.45. The van der Waals surface area contributed by atoms with Crippen LogP contribution in [-0.2, 0) is 6.18 Å². The van der Waals surface area contributed by atoms with Gasteiger partial charge in [0.05, 0.1) is 5.56 Å². The number of halogens is 3. The summed E-state index contributed by atoms with van der Waals surface area (Å²) in [5, 5.41) is 3.28. The van der Waals surface area contributed by atoms with Gasteiger partial charge in [0.25, 0.3) is 0 Å². The molecule has 0 bridgehead atoms. The smallest absolute Gasteiger partial charge is 0.310 e. The molecule has 1 atom stereocenters. The van der Waals surface area contributed by atoms with Crippen LogP contribution in [0.4, 0.5) is 13.2 Å². The minimum Gasteiger partial charge on any atom is -0.310 e. The van der Waals surface area contributed by atoms with Gasteiger partial charge in [-0.15, -0.1) is 0 Å². The summed E-state index contributed by atoms with van der Waals surface area (Å²) in [6.07, 6.45) is -0.711. The van der Waals surface area contributed by atoms with Crippen molar-refractivity contribution in [3.63, 3.8) is 0 Å². The van der Waals surface area contributed by atoms with Crippen molar-refractivity contribution in [2.75, 3.05) is 18.1 Å². The van der Waals surface area contributed by atoms with Crippen LogP contribution in [0.15, 0.2) is 24.3 Å². The van der Waals surface area contributed by atoms with Crippen LogP contribution in [0, 0.1) is 0 Å². The van der Waals surface area contributed by atoms with E-state index in [9.17, 15) is 13.2 Å². The molecule has 5 heteroatoms. The Kier molecular flexibility index (Phi) is 8.19. The third-order valence-electron chi connectivity index (χ3n) is 3.24. The summed E-state index contributed by atoms with van der Waals surface area (Å²) < 4.78 is 38.3. The standard InChI is InChI=1S/C16H24F3NS/c1-3-5-6-10-21-12-15(20-4-2)13-8-7-9-14(11-13)16(17,18)19/h7-9,11,15,20H,3-6,10,12H2,1-2H3. The summed E-state index contributed by atoms with van der Waals surface area (Å²) in [6, 6.07) is 5.63. The third-order valence-corrected chi connectivity index (χ3v) is 4.39. The zero-order valence-electron chi connectivity index (χ0n) is 12.7. The molecule has 1 rings (SSSR count). The van der Waals surface area contributed by atoms with Gasteiger partial charge in [0.1, 0.15) is 0 Å². The van der Waals surface area contributed by atoms with Gasteiger partial charge in [-0.2, -0.15) is 24.9 Å². The SMILES string of the molecule is CCCCCSCC(NCC)c1cccc(C(F)(F)F)c1. The van der Waals surface area contributed by atoms with Gasteiger partial charge in [-0.05, 0) is 36.4 Å². The first-order valence-corrected chi connectivity index (χ1v) is 8.62. The maximum atomic E-state index is 12.8. The molecule has 0 aromatic heterocycles. The van der Waals surface area contributed by atoms with Gasteiger partial charge in [0.15, 0.2) is 0 Å². The molecule has 0 spiro atoms. The Hall–Kier alpha value is -0.680. The van der Waals surface area contributed by atoms with Crippen LogP contribution < -0.4 is 5.32 Å². The second-order valence-corrected chi connectivity index (χ2v) is 6.17. The van der Waals surface area contributed by atoms with Crippen molar-refractivity contribution in [1.29, 1.82) is 0 Å². The number of nitrogens with one attached hydrogen (secondary N) is 1. The maximum Gasteiger partial charge on any atom is 0.416 e. The van der Waals surface area contributed by atoms with Crippen LogP contribution >= 0.6 is 11.8 Å². The average molecular weight is 319 g/mol. The Bertz CT molecular complexity index is 407. The van der Waals surface area contributed by atoms with Crippen LogP contribution in [-0.4, -0.2) is 18.1 Å². The van der Waals surface area contributed by atoms with E-state index in [1.807, 2.05) is 6.92 Å². The molecule has 1 aromatic rings. The van der Waals surface area contributed by atoms with Crippen LogP contribution in [0.1, 0.15) is 50.3 Å². The fraction of sp³-hybridized carbons (Fsp3) is 0.625. The van der Waals surface area contributed by atoms with Crippen molar-refractivity contribution in [2.24, 2.45) is 0 Å². The summed E-state index contributed by atoms with van der Waals surface area (Å²) in [6.45, 7) is 4.88. The first-order chi connectivity index (χ1) is 9.99. The van der Waals surface area contributed by atoms with Gasteiger partial charge in [-0.1, -0.05) is 38.8 Å². The molecule has 1 unspecified atom stereocenters. The molecule has 0 aliphatic heterocycles. The molecule has 0 aliphatic carbocycles. The maximum absolute atomic E-state index is 12.8. The molecule has 0 fully saturated rings. The quantitative estimate of drug-likeness (QED) is 0.622. The zero-order valence-corrected chi connectivity index (χ0v) is 13.5. The van der Waals surface area contributed by atoms with Gasteiger partial charge in [0.2, 0.25) is 0 Å². The van der Waals surface area contributed by atoms with E-state index < -0.39 is 11.7 Å². The lowest BCUT2D eigenvalue weighted by Crippen LogP contribution is -2.23. The normalized spacial score (nSPS) is 13.4. The summed E-state index contributed by atoms with van der Waals surface area (Å²) in [4.78, 5) is 0. The molecule has 0 saturated heterocycles. The highest BCUT2D eigenvalue weighted by Crippen LogP contribution is 2.31. The molecule has 1 nitrogen and oxygen atoms in total. The van der Waals surface area contributed by atoms with E-state index in [-0.39, 0.29) is 6.04 Å². The summed E-state index contributed by atoms with van der Waals surface area (Å²) in [5.74, 6) is 1.87. The molecule has 1 aromatic carbocycles. The molecule has 0 heterocycles. The molecule has 120 valence electrons. The van der Waals surface area contributed by atoms with Crippen molar-refractivity contribution in [3.8, 4) is 0 Å². The Balaban J connectivity index is 2.67. The lowest BCUT2D eigenvalue weighted by atomic mass is 10.0. The number of unbranched alkanes of at least 4 members (excludes halogenated alkanes) is 2. The Morgan fingerprint density at radius 3 is 2.57 bits per heavy atom. The molecule has 0 radical (unpaired) electrons. The van der Waals surface area contributed by atoms with E-state index in [0.29, 0.717) is 0 Å². The first-order valence-electron chi connectivity index (χ1n) is 7.47. The Morgan fingerprint density at radius 2 is 1.95 bits per heavy atom. The highest BCUT2D eigenvalue weighted by atomic mass is 32.2. The Labute approximate surface area is 129 Å². The van der Waals surface area contributed by atoms with Crippen LogP contribution in [0.3, 0.4) is 0 Å². The number of hydrogen-bond donors (Lipinski definition) is 1. The van der Waals surface area contributed by atoms with Gasteiger partial charge >= 0.3 is 6.18 Å². The third kappa shape index (κ3) is 6.74. The van der Waals surface area contributed by atoms with E-state index in [1.54, 1.807) is 17.8 Å². The molecule has 0 saturated carbocycles. The number of benzene rings is 1. The number of hydrogen-bond acceptors (Lipinski definition) is 2. The Morgan fingerprint density at radius 1 is 1.19 bits per heavy atom. The van der Waals surface area contributed by atoms with Crippen LogP contribution in [0.2, 0.25) is 0 Å². The second kappa shape index (κ2) is 9.36. The number of thioether (sulfide) groups is 1. The van der Waals surface area contributed by atoms with Crippen LogP contribution in [0.5, 0.6) is 0 Å². The predicted molar refractivity (Wildman–Crippen MR) is 84.7 cm³/mol. The van der Waals surface area contributed by atoms with Gasteiger partial charge in [0, 0.05) is 11.8 Å². The van der Waals surface area contributed by atoms with Crippen molar-refractivity contribution >= 4 is 11.8 Å². The molecular weight excluding hydrogens is 295 g/mol. The fourth-order valence-corrected chi connectivity index (χ4v) is 3.23. The van der Waals surface area contributed by atoms with Gasteiger partial charge < -0.3 is 5.32 Å². The summed E-state index contributed by atoms with van der Waals surface area (Å²) >= 11 is 1.81. The van der Waals surface area contributed by atoms with Crippen molar-refractivity contribution in [2.45, 2.75) is 45.3 Å². The fourth-order valence-electron chi connectivity index (χ4n) is 2.11. The molecule has 21 heavy (non-hydrogen) atoms. The summed E-state index contributed by atoms with van der Waals surface area (Å²) in [7, 11) is 0. The van der Waals surface area contributed by atoms with Crippen LogP contribution in [0.25, 0.3) is 0 Å². The van der Waals surface area contributed by atoms with E-state index in [0.717, 1.165) is 29.7 Å². The molecule has 0 aliphatic rings. The molecule has 1 N–H and O–H groups in total. The first kappa shape index (κ1) is 18.4. The second-order valence-electron chi connectivity index (χ2n) is 5.02. The highest BCUT2D eigenvalue weighted by Gasteiger charge is 2.30. The minimum atomic E-state index is -4.28. The molecular formula is C16H24F3NS. The number of rotatable bonds is 9. The van der Waals surface area contributed by atoms with Gasteiger partial charge in [-0.25, -0.2) is 0 Å². The largest absolute Gasteiger partial charge is 0.416 e. The highest BCUT2D eigenvalue weighted by molar-refractivity contribution is 7.99. The zero-order chi connectivity index (χ0) is 15.7. The van der Waals surface area contributed by atoms with E-state index in [4.69, 9.17) is 0 Å². The monoisotopic (exact) mass is 319 g/mol. The van der Waals surface area contributed by atoms with Crippen molar-refractivity contribution < 1.29 is 13.2 Å². The van der Waals surface area contributed by atoms with E-state index >= 15 is 0 Å². The van der Waals surface area contributed by atoms with Crippen molar-refractivity contribution in [3.05, 3.63) is 35.4 Å². The lowest BCUT2D eigenvalue weighted by molar-refractivity contribution is -0.137. The van der Waals surface area contributed by atoms with Gasteiger partial charge in [-0.3, -0.25) is 0 Å². The summed E-state index contributed by atoms with van der Waals surface area (Å²) in [5.41, 5.74) is 0.147. The minimum absolute atomic E-state index is 0.0241. The predicted octanol–water partition coefficient (Wildman–Crippen LogP) is 5.28. The molecule has 0 amide bonds. The van der Waals surface area contributed by atoms with E-state index in [1.165, 1.54) is 31.4 Å². The lowest BCUT2D eigenvalue weighted by Gasteiger charge is -2.19. The van der Waals surface area contributed by atoms with E-state index in [2.05, 4.69) is 12.2 Å². The van der Waals surface area contributed by atoms with Crippen molar-refractivity contribution in [1.82, 2.24) is 5.32 Å². The number of alkyl halides is 3. The topological polar surface area (TPSA) is 12.0 Å².